The van der Waals surface area contributed by atoms with Crippen molar-refractivity contribution in [3.05, 3.63) is 0 Å². The molecule has 611 valence electrons. The third-order valence-electron chi connectivity index (χ3n) is 17.3. The molecule has 0 aromatic heterocycles. The summed E-state index contributed by atoms with van der Waals surface area (Å²) in [6.45, 7) is -2.10. The van der Waals surface area contributed by atoms with Crippen molar-refractivity contribution in [2.24, 2.45) is 0 Å². The van der Waals surface area contributed by atoms with Crippen molar-refractivity contribution in [1.82, 2.24) is 37.2 Å². The Balaban J connectivity index is 4.76. The molecule has 0 rings (SSSR count). The highest BCUT2D eigenvalue weighted by Gasteiger charge is 2.43. The Bertz CT molecular complexity index is 2650. The lowest BCUT2D eigenvalue weighted by atomic mass is 9.86. The molecule has 0 aromatic carbocycles. The number of aliphatic carboxylic acids is 7. The van der Waals surface area contributed by atoms with Gasteiger partial charge < -0.3 is 91.9 Å². The van der Waals surface area contributed by atoms with E-state index in [4.69, 9.17) is 29.2 Å². The second-order valence-corrected chi connectivity index (χ2v) is 26.6. The predicted molar refractivity (Wildman–Crippen MR) is 386 cm³/mol. The van der Waals surface area contributed by atoms with Crippen LogP contribution in [0.15, 0.2) is 0 Å². The van der Waals surface area contributed by atoms with Crippen molar-refractivity contribution in [1.29, 1.82) is 0 Å². The van der Waals surface area contributed by atoms with E-state index in [9.17, 15) is 102 Å². The Morgan fingerprint density at radius 3 is 0.888 bits per heavy atom. The van der Waals surface area contributed by atoms with Crippen LogP contribution in [0.5, 0.6) is 0 Å². The summed E-state index contributed by atoms with van der Waals surface area (Å²) < 4.78 is 21.3. The van der Waals surface area contributed by atoms with Gasteiger partial charge in [-0.05, 0) is 57.8 Å². The van der Waals surface area contributed by atoms with Gasteiger partial charge in [-0.15, -0.1) is 0 Å². The van der Waals surface area contributed by atoms with Gasteiger partial charge in [-0.1, -0.05) is 154 Å². The largest absolute Gasteiger partial charge is 0.481 e. The number of Topliss-reactive ketones (excluding diaryl/α,β-unsaturated/α-hetero) is 1. The maximum atomic E-state index is 13.7. The molecular weight excluding hydrogens is 1410 g/mol. The van der Waals surface area contributed by atoms with Crippen LogP contribution < -0.4 is 37.2 Å². The molecule has 14 N–H and O–H groups in total. The summed E-state index contributed by atoms with van der Waals surface area (Å²) in [5.41, 5.74) is -2.77. The number of hydrogen-bond acceptors (Lipinski definition) is 20. The average Bonchev–Trinajstić information content (AvgIpc) is 0.818. The molecule has 0 aliphatic heterocycles. The lowest BCUT2D eigenvalue weighted by molar-refractivity contribution is -0.143. The zero-order chi connectivity index (χ0) is 79.7. The van der Waals surface area contributed by atoms with Gasteiger partial charge in [0.2, 0.25) is 47.6 Å². The average molecular weight is 1530 g/mol. The zero-order valence-electron chi connectivity index (χ0n) is 62.4. The minimum Gasteiger partial charge on any atom is -0.481 e. The summed E-state index contributed by atoms with van der Waals surface area (Å²) >= 11 is 0. The van der Waals surface area contributed by atoms with Gasteiger partial charge in [-0.3, -0.25) is 62.3 Å². The number of rotatable bonds is 76. The molecule has 0 aliphatic carbocycles. The van der Waals surface area contributed by atoms with Gasteiger partial charge in [0.05, 0.1) is 39.6 Å². The summed E-state index contributed by atoms with van der Waals surface area (Å²) in [5.74, 6) is -15.0. The summed E-state index contributed by atoms with van der Waals surface area (Å²) in [6, 6.07) is -6.10. The van der Waals surface area contributed by atoms with Gasteiger partial charge in [0.15, 0.2) is 11.3 Å². The van der Waals surface area contributed by atoms with E-state index in [1.54, 1.807) is 0 Å². The van der Waals surface area contributed by atoms with Crippen LogP contribution in [-0.2, 0) is 95.7 Å². The fourth-order valence-electron chi connectivity index (χ4n) is 11.2. The van der Waals surface area contributed by atoms with Gasteiger partial charge in [0.25, 0.3) is 0 Å². The third kappa shape index (κ3) is 58.5. The number of carboxylic acids is 7. The second-order valence-electron chi connectivity index (χ2n) is 26.6. The Hall–Kier alpha value is -8.24. The van der Waals surface area contributed by atoms with Crippen molar-refractivity contribution < 1.29 is 131 Å². The fourth-order valence-corrected chi connectivity index (χ4v) is 11.2. The van der Waals surface area contributed by atoms with Gasteiger partial charge in [-0.25, -0.2) is 14.4 Å². The van der Waals surface area contributed by atoms with Gasteiger partial charge >= 0.3 is 41.8 Å². The van der Waals surface area contributed by atoms with Crippen LogP contribution >= 0.6 is 0 Å². The Morgan fingerprint density at radius 2 is 0.570 bits per heavy atom. The van der Waals surface area contributed by atoms with Crippen LogP contribution in [0.3, 0.4) is 0 Å². The normalized spacial score (nSPS) is 12.7. The Morgan fingerprint density at radius 1 is 0.290 bits per heavy atom. The van der Waals surface area contributed by atoms with Gasteiger partial charge in [-0.2, -0.15) is 0 Å². The molecule has 0 spiro atoms. The molecule has 5 atom stereocenters. The summed E-state index contributed by atoms with van der Waals surface area (Å²) in [4.78, 5) is 195. The van der Waals surface area contributed by atoms with Crippen LogP contribution in [0, 0.1) is 0 Å². The number of carbonyl (C=O) groups is 15. The van der Waals surface area contributed by atoms with E-state index in [2.05, 4.69) is 37.2 Å². The summed E-state index contributed by atoms with van der Waals surface area (Å²) in [5, 5.41) is 81.8. The smallest absolute Gasteiger partial charge is 0.326 e. The van der Waals surface area contributed by atoms with E-state index in [0.717, 1.165) is 135 Å². The van der Waals surface area contributed by atoms with E-state index in [1.807, 2.05) is 0 Å². The quantitative estimate of drug-likeness (QED) is 0.0255. The van der Waals surface area contributed by atoms with Crippen molar-refractivity contribution in [2.45, 2.75) is 299 Å². The fraction of sp³-hybridized carbons (Fsp3) is 0.781. The standard InChI is InChI=1S/C73H122N7O27/c81-53-73(42-41-68(95)96,58(82)37-33-55(70(98)99)79-64(88)52-107-50-48-105-46-44-75-60(84)39-35-57(72(102)103)78-62(86)30-26-22-18-14-10-6-2-4-8-12-16-20-24-28-32-66(91)92)80-69(97)54(36-40-67(93)94)76-63(87)51-106-49-47-104-45-43-74-59(83)38-34-56(71(100)101)77-61(85)29-25-21-17-13-9-5-1-3-7-11-15-19-23-27-31-65(89)90/h54-57H,1-52H2,(H,74,83)(H,75,84)(H,76,87)(H,77,85)(H,78,86)(H,79,88)(H,80,97)(H,89,90)(H,91,92)(H,93,94)(H,95,96)(H,98,99)(H,100,101)(H,102,103)/t54-,55-,56-,57-,73-/m0/s1. The highest BCUT2D eigenvalue weighted by molar-refractivity contribution is 6.07. The van der Waals surface area contributed by atoms with Crippen molar-refractivity contribution in [3.8, 4) is 0 Å². The lowest BCUT2D eigenvalue weighted by Gasteiger charge is -2.29. The van der Waals surface area contributed by atoms with Crippen LogP contribution in [-0.4, -0.2) is 227 Å². The van der Waals surface area contributed by atoms with E-state index in [1.165, 1.54) is 38.4 Å². The maximum absolute atomic E-state index is 13.7. The van der Waals surface area contributed by atoms with E-state index in [0.29, 0.717) is 12.8 Å². The van der Waals surface area contributed by atoms with Crippen LogP contribution in [0.25, 0.3) is 0 Å². The summed E-state index contributed by atoms with van der Waals surface area (Å²) in [6.07, 6.45) is 25.1. The van der Waals surface area contributed by atoms with E-state index < -0.39 is 170 Å². The second kappa shape index (κ2) is 64.9. The highest BCUT2D eigenvalue weighted by atomic mass is 16.5. The molecule has 34 nitrogen and oxygen atoms in total. The first-order chi connectivity index (χ1) is 51.2. The molecule has 7 amide bonds. The van der Waals surface area contributed by atoms with E-state index in [-0.39, 0.29) is 104 Å². The first-order valence-electron chi connectivity index (χ1n) is 38.0. The number of ketones is 1. The predicted octanol–water partition coefficient (Wildman–Crippen LogP) is 5.73. The van der Waals surface area contributed by atoms with Crippen LogP contribution in [0.2, 0.25) is 0 Å². The first kappa shape index (κ1) is 98.8. The Labute approximate surface area is 626 Å². The number of ether oxygens (including phenoxy) is 4. The van der Waals surface area contributed by atoms with Gasteiger partial charge in [0, 0.05) is 70.9 Å². The molecule has 0 aliphatic rings. The number of unbranched alkanes of at least 4 members (excludes halogenated alkanes) is 26. The number of carbonyl (C=O) groups excluding carboxylic acids is 9. The van der Waals surface area contributed by atoms with Gasteiger partial charge in [0.1, 0.15) is 37.4 Å². The number of nitrogens with one attached hydrogen (secondary N) is 7. The minimum absolute atomic E-state index is 0.000597. The highest BCUT2D eigenvalue weighted by Crippen LogP contribution is 2.20. The van der Waals surface area contributed by atoms with Crippen LogP contribution in [0.1, 0.15) is 270 Å². The molecule has 0 unspecified atom stereocenters. The maximum Gasteiger partial charge on any atom is 0.326 e. The number of carboxylic acid groups (broad SMARTS) is 7. The van der Waals surface area contributed by atoms with E-state index >= 15 is 0 Å². The van der Waals surface area contributed by atoms with Crippen molar-refractivity contribution in [3.63, 3.8) is 0 Å². The summed E-state index contributed by atoms with van der Waals surface area (Å²) in [7, 11) is 0. The minimum atomic E-state index is -2.77. The molecule has 0 aromatic rings. The molecule has 0 bridgehead atoms. The Kier molecular flexibility index (Phi) is 59.9. The third-order valence-corrected chi connectivity index (χ3v) is 17.3. The molecule has 0 saturated heterocycles. The molecule has 34 heteroatoms. The zero-order valence-corrected chi connectivity index (χ0v) is 62.4. The molecule has 0 fully saturated rings. The molecular formula is C73H122N7O27. The molecule has 0 saturated carbocycles. The number of amides is 7. The monoisotopic (exact) mass is 1530 g/mol. The molecule has 107 heavy (non-hydrogen) atoms. The lowest BCUT2D eigenvalue weighted by Crippen LogP contribution is -2.61. The SMILES string of the molecule is O=[C][C@](CCC(=O)O)(NC(=O)[C@H](CCC(=O)O)NC(=O)COCCOCCNC(=O)CC[C@H](NC(=O)CCCCCCCCCCCCCCCCC(=O)O)C(=O)O)C(=O)CC[C@H](NC(=O)COCCOCCNC(=O)CC[C@H](NC(=O)CCCCCCCCCCCCCCCCC(=O)O)C(=O)O)C(=O)O. The van der Waals surface area contributed by atoms with Crippen molar-refractivity contribution >= 4 is 95.2 Å². The van der Waals surface area contributed by atoms with Crippen molar-refractivity contribution in [2.75, 3.05) is 65.9 Å². The topological polar surface area (TPSA) is 536 Å². The first-order valence-corrected chi connectivity index (χ1v) is 38.0. The molecule has 1 radical (unpaired) electrons. The van der Waals surface area contributed by atoms with Crippen LogP contribution in [0.4, 0.5) is 0 Å². The number of hydrogen-bond donors (Lipinski definition) is 14. The molecule has 0 heterocycles.